The van der Waals surface area contributed by atoms with Crippen LogP contribution in [0.5, 0.6) is 5.75 Å². The molecule has 0 bridgehead atoms. The van der Waals surface area contributed by atoms with Crippen LogP contribution in [0.25, 0.3) is 0 Å². The van der Waals surface area contributed by atoms with Gasteiger partial charge in [-0.25, -0.2) is 4.39 Å². The smallest absolute Gasteiger partial charge is 0.276 e. The Morgan fingerprint density at radius 3 is 2.22 bits per heavy atom. The van der Waals surface area contributed by atoms with E-state index in [1.807, 2.05) is 32.0 Å². The summed E-state index contributed by atoms with van der Waals surface area (Å²) in [7, 11) is 0. The lowest BCUT2D eigenvalue weighted by Gasteiger charge is -2.40. The van der Waals surface area contributed by atoms with E-state index in [0.29, 0.717) is 18.6 Å². The molecule has 1 saturated carbocycles. The van der Waals surface area contributed by atoms with E-state index in [-0.39, 0.29) is 18.3 Å². The lowest BCUT2D eigenvalue weighted by molar-refractivity contribution is -0.135. The fourth-order valence-electron chi connectivity index (χ4n) is 3.39. The Hall–Kier alpha value is -2.89. The zero-order chi connectivity index (χ0) is 19.4. The summed E-state index contributed by atoms with van der Waals surface area (Å²) in [4.78, 5) is 24.6. The molecule has 0 heterocycles. The molecular formula is C21H23FN2O3. The molecule has 0 unspecified atom stereocenters. The minimum absolute atomic E-state index is 0.202. The molecule has 2 N–H and O–H groups in total. The minimum atomic E-state index is -0.713. The molecule has 3 rings (SSSR count). The second-order valence-corrected chi connectivity index (χ2v) is 7.06. The Labute approximate surface area is 157 Å². The normalized spacial score (nSPS) is 14.8. The standard InChI is InChI=1S/C21H23FN2O3/c1-14-10-15(2)12-18(11-14)27-13-19(25)23-24-20(26)21(8-3-9-21)16-4-6-17(22)7-5-16/h4-7,10-12H,3,8-9,13H2,1-2H3,(H,23,25)(H,24,26). The topological polar surface area (TPSA) is 67.4 Å². The predicted octanol–water partition coefficient (Wildman–Crippen LogP) is 3.09. The van der Waals surface area contributed by atoms with Crippen LogP contribution in [0.3, 0.4) is 0 Å². The van der Waals surface area contributed by atoms with Crippen LogP contribution in [-0.2, 0) is 15.0 Å². The van der Waals surface area contributed by atoms with Crippen LogP contribution in [0.15, 0.2) is 42.5 Å². The molecule has 5 nitrogen and oxygen atoms in total. The third-order valence-corrected chi connectivity index (χ3v) is 4.92. The van der Waals surface area contributed by atoms with Crippen LogP contribution in [0.4, 0.5) is 4.39 Å². The average molecular weight is 370 g/mol. The highest BCUT2D eigenvalue weighted by Crippen LogP contribution is 2.43. The van der Waals surface area contributed by atoms with Crippen LogP contribution >= 0.6 is 0 Å². The van der Waals surface area contributed by atoms with Gasteiger partial charge in [-0.05, 0) is 67.6 Å². The molecule has 142 valence electrons. The van der Waals surface area contributed by atoms with Crippen LogP contribution in [-0.4, -0.2) is 18.4 Å². The number of hydrogen-bond donors (Lipinski definition) is 2. The van der Waals surface area contributed by atoms with Gasteiger partial charge in [0.2, 0.25) is 5.91 Å². The Morgan fingerprint density at radius 2 is 1.67 bits per heavy atom. The van der Waals surface area contributed by atoms with Gasteiger partial charge in [-0.3, -0.25) is 20.4 Å². The number of amides is 2. The summed E-state index contributed by atoms with van der Waals surface area (Å²) in [5, 5.41) is 0. The zero-order valence-corrected chi connectivity index (χ0v) is 15.5. The molecular weight excluding hydrogens is 347 g/mol. The Morgan fingerprint density at radius 1 is 1.04 bits per heavy atom. The van der Waals surface area contributed by atoms with Crippen LogP contribution in [0.2, 0.25) is 0 Å². The van der Waals surface area contributed by atoms with Crippen molar-refractivity contribution >= 4 is 11.8 Å². The van der Waals surface area contributed by atoms with Crippen molar-refractivity contribution in [2.24, 2.45) is 0 Å². The van der Waals surface area contributed by atoms with Gasteiger partial charge in [-0.1, -0.05) is 24.6 Å². The number of halogens is 1. The molecule has 0 radical (unpaired) electrons. The molecule has 0 aliphatic heterocycles. The highest BCUT2D eigenvalue weighted by Gasteiger charge is 2.45. The number of carbonyl (C=O) groups is 2. The third kappa shape index (κ3) is 4.27. The maximum atomic E-state index is 13.2. The first kappa shape index (κ1) is 18.9. The summed E-state index contributed by atoms with van der Waals surface area (Å²) in [5.41, 5.74) is 7.02. The number of rotatable bonds is 5. The number of ether oxygens (including phenoxy) is 1. The van der Waals surface area contributed by atoms with Gasteiger partial charge in [0.1, 0.15) is 11.6 Å². The first-order chi connectivity index (χ1) is 12.9. The van der Waals surface area contributed by atoms with Crippen molar-refractivity contribution in [2.45, 2.75) is 38.5 Å². The molecule has 27 heavy (non-hydrogen) atoms. The van der Waals surface area contributed by atoms with Crippen LogP contribution < -0.4 is 15.6 Å². The highest BCUT2D eigenvalue weighted by atomic mass is 19.1. The predicted molar refractivity (Wildman–Crippen MR) is 99.6 cm³/mol. The second-order valence-electron chi connectivity index (χ2n) is 7.06. The molecule has 2 amide bonds. The summed E-state index contributed by atoms with van der Waals surface area (Å²) in [6.45, 7) is 3.70. The first-order valence-corrected chi connectivity index (χ1v) is 8.95. The van der Waals surface area contributed by atoms with Gasteiger partial charge in [0.15, 0.2) is 6.61 Å². The molecule has 2 aromatic carbocycles. The van der Waals surface area contributed by atoms with E-state index < -0.39 is 11.3 Å². The monoisotopic (exact) mass is 370 g/mol. The molecule has 0 spiro atoms. The summed E-state index contributed by atoms with van der Waals surface area (Å²) in [6.07, 6.45) is 2.24. The Bertz CT molecular complexity index is 825. The molecule has 1 aliphatic rings. The van der Waals surface area contributed by atoms with Gasteiger partial charge in [-0.2, -0.15) is 0 Å². The van der Waals surface area contributed by atoms with E-state index in [2.05, 4.69) is 10.9 Å². The second kappa shape index (κ2) is 7.78. The van der Waals surface area contributed by atoms with Gasteiger partial charge in [0.25, 0.3) is 5.91 Å². The molecule has 0 atom stereocenters. The van der Waals surface area contributed by atoms with E-state index in [4.69, 9.17) is 4.74 Å². The number of carbonyl (C=O) groups excluding carboxylic acids is 2. The molecule has 1 aliphatic carbocycles. The van der Waals surface area contributed by atoms with Crippen molar-refractivity contribution in [1.29, 1.82) is 0 Å². The minimum Gasteiger partial charge on any atom is -0.484 e. The number of hydrazine groups is 1. The summed E-state index contributed by atoms with van der Waals surface area (Å²) in [6, 6.07) is 11.6. The van der Waals surface area contributed by atoms with Gasteiger partial charge in [0.05, 0.1) is 5.41 Å². The van der Waals surface area contributed by atoms with Crippen molar-refractivity contribution in [2.75, 3.05) is 6.61 Å². The van der Waals surface area contributed by atoms with Crippen LogP contribution in [0, 0.1) is 19.7 Å². The molecule has 6 heteroatoms. The highest BCUT2D eigenvalue weighted by molar-refractivity contribution is 5.91. The maximum Gasteiger partial charge on any atom is 0.276 e. The number of hydrogen-bond acceptors (Lipinski definition) is 3. The summed E-state index contributed by atoms with van der Waals surface area (Å²) in [5.74, 6) is -0.475. The van der Waals surface area contributed by atoms with Crippen molar-refractivity contribution in [3.8, 4) is 5.75 Å². The average Bonchev–Trinajstić information content (AvgIpc) is 2.58. The quantitative estimate of drug-likeness (QED) is 0.795. The fraction of sp³-hybridized carbons (Fsp3) is 0.333. The Balaban J connectivity index is 1.54. The fourth-order valence-corrected chi connectivity index (χ4v) is 3.39. The van der Waals surface area contributed by atoms with E-state index in [9.17, 15) is 14.0 Å². The molecule has 0 saturated heterocycles. The summed E-state index contributed by atoms with van der Waals surface area (Å²) < 4.78 is 18.6. The van der Waals surface area contributed by atoms with Gasteiger partial charge in [-0.15, -0.1) is 0 Å². The molecule has 2 aromatic rings. The van der Waals surface area contributed by atoms with E-state index >= 15 is 0 Å². The van der Waals surface area contributed by atoms with E-state index in [0.717, 1.165) is 23.1 Å². The SMILES string of the molecule is Cc1cc(C)cc(OCC(=O)NNC(=O)C2(c3ccc(F)cc3)CCC2)c1. The molecule has 0 aromatic heterocycles. The zero-order valence-electron chi connectivity index (χ0n) is 15.5. The number of benzene rings is 2. The largest absolute Gasteiger partial charge is 0.484 e. The van der Waals surface area contributed by atoms with Crippen LogP contribution in [0.1, 0.15) is 36.0 Å². The van der Waals surface area contributed by atoms with Crippen molar-refractivity contribution in [3.63, 3.8) is 0 Å². The van der Waals surface area contributed by atoms with Gasteiger partial charge in [0, 0.05) is 0 Å². The van der Waals surface area contributed by atoms with E-state index in [1.165, 1.54) is 12.1 Å². The van der Waals surface area contributed by atoms with Gasteiger partial charge >= 0.3 is 0 Å². The lowest BCUT2D eigenvalue weighted by Crippen LogP contribution is -2.55. The van der Waals surface area contributed by atoms with Gasteiger partial charge < -0.3 is 4.74 Å². The van der Waals surface area contributed by atoms with E-state index in [1.54, 1.807) is 12.1 Å². The van der Waals surface area contributed by atoms with Crippen molar-refractivity contribution in [1.82, 2.24) is 10.9 Å². The maximum absolute atomic E-state index is 13.2. The van der Waals surface area contributed by atoms with Crippen molar-refractivity contribution < 1.29 is 18.7 Å². The van der Waals surface area contributed by atoms with Crippen molar-refractivity contribution in [3.05, 3.63) is 65.0 Å². The number of aryl methyl sites for hydroxylation is 2. The summed E-state index contributed by atoms with van der Waals surface area (Å²) >= 11 is 0. The third-order valence-electron chi connectivity index (χ3n) is 4.92. The lowest BCUT2D eigenvalue weighted by atomic mass is 9.64. The number of nitrogens with one attached hydrogen (secondary N) is 2. The first-order valence-electron chi connectivity index (χ1n) is 8.95. The molecule has 1 fully saturated rings. The Kier molecular flexibility index (Phi) is 5.44.